The van der Waals surface area contributed by atoms with Gasteiger partial charge in [-0.05, 0) is 13.3 Å². The quantitative estimate of drug-likeness (QED) is 0.842. The molecule has 1 aromatic rings. The van der Waals surface area contributed by atoms with Crippen molar-refractivity contribution in [2.45, 2.75) is 25.6 Å². The first-order valence-electron chi connectivity index (χ1n) is 5.93. The van der Waals surface area contributed by atoms with Crippen LogP contribution in [0.3, 0.4) is 0 Å². The third-order valence-electron chi connectivity index (χ3n) is 2.47. The first-order chi connectivity index (χ1) is 9.22. The molecular weight excluding hydrogens is 293 g/mol. The van der Waals surface area contributed by atoms with Gasteiger partial charge in [0.15, 0.2) is 0 Å². The van der Waals surface area contributed by atoms with Crippen molar-refractivity contribution in [3.63, 3.8) is 0 Å². The molecule has 0 saturated heterocycles. The highest BCUT2D eigenvalue weighted by Crippen LogP contribution is 2.28. The van der Waals surface area contributed by atoms with Crippen molar-refractivity contribution in [3.8, 4) is 0 Å². The molecule has 0 aliphatic heterocycles. The summed E-state index contributed by atoms with van der Waals surface area (Å²) in [5, 5.41) is 5.42. The van der Waals surface area contributed by atoms with Crippen LogP contribution >= 0.6 is 0 Å². The van der Waals surface area contributed by atoms with Crippen molar-refractivity contribution in [3.05, 3.63) is 11.9 Å². The maximum absolute atomic E-state index is 12.7. The molecule has 20 heavy (non-hydrogen) atoms. The van der Waals surface area contributed by atoms with Crippen molar-refractivity contribution in [1.29, 1.82) is 0 Å². The lowest BCUT2D eigenvalue weighted by molar-refractivity contribution is -0.144. The molecule has 9 heteroatoms. The second kappa shape index (κ2) is 6.87. The zero-order valence-corrected chi connectivity index (χ0v) is 12.2. The summed E-state index contributed by atoms with van der Waals surface area (Å²) in [4.78, 5) is 6.83. The lowest BCUT2D eigenvalue weighted by Gasteiger charge is -2.16. The molecule has 2 unspecified atom stereocenters. The van der Waals surface area contributed by atoms with Gasteiger partial charge in [0, 0.05) is 42.0 Å². The average Bonchev–Trinajstić information content (AvgIpc) is 2.34. The summed E-state index contributed by atoms with van der Waals surface area (Å²) in [6.07, 6.45) is -2.45. The fraction of sp³-hybridized carbons (Fsp3) is 0.636. The summed E-state index contributed by atoms with van der Waals surface area (Å²) in [6.45, 7) is 1.79. The Hall–Kier alpha value is -1.38. The smallest absolute Gasteiger partial charge is 0.373 e. The maximum atomic E-state index is 12.7. The summed E-state index contributed by atoms with van der Waals surface area (Å²) in [6, 6.07) is 1.26. The highest BCUT2D eigenvalue weighted by atomic mass is 32.2. The summed E-state index contributed by atoms with van der Waals surface area (Å²) < 4.78 is 48.9. The van der Waals surface area contributed by atoms with Crippen LogP contribution in [0, 0.1) is 0 Å². The molecule has 1 aromatic heterocycles. The third-order valence-corrected chi connectivity index (χ3v) is 3.28. The first-order valence-corrected chi connectivity index (χ1v) is 7.65. The fourth-order valence-electron chi connectivity index (χ4n) is 1.44. The van der Waals surface area contributed by atoms with Gasteiger partial charge in [-0.15, -0.1) is 0 Å². The second-order valence-corrected chi connectivity index (χ2v) is 5.88. The number of alkyl halides is 3. The second-order valence-electron chi connectivity index (χ2n) is 4.32. The van der Waals surface area contributed by atoms with Crippen LogP contribution in [-0.4, -0.2) is 39.3 Å². The van der Waals surface area contributed by atoms with Crippen LogP contribution in [0.25, 0.3) is 0 Å². The minimum Gasteiger partial charge on any atom is -0.373 e. The van der Waals surface area contributed by atoms with E-state index in [9.17, 15) is 17.4 Å². The molecule has 0 fully saturated rings. The number of nitrogens with one attached hydrogen (secondary N) is 2. The molecule has 114 valence electrons. The van der Waals surface area contributed by atoms with E-state index in [1.807, 2.05) is 0 Å². The van der Waals surface area contributed by atoms with Gasteiger partial charge in [-0.3, -0.25) is 4.21 Å². The predicted molar refractivity (Wildman–Crippen MR) is 73.2 cm³/mol. The van der Waals surface area contributed by atoms with Gasteiger partial charge in [0.05, 0.1) is 0 Å². The zero-order valence-electron chi connectivity index (χ0n) is 11.4. The van der Waals surface area contributed by atoms with E-state index in [4.69, 9.17) is 0 Å². The largest absolute Gasteiger partial charge is 0.451 e. The molecule has 0 saturated carbocycles. The minimum atomic E-state index is -4.60. The molecule has 5 nitrogen and oxygen atoms in total. The predicted octanol–water partition coefficient (Wildman–Crippen LogP) is 2.11. The van der Waals surface area contributed by atoms with Gasteiger partial charge in [0.1, 0.15) is 11.6 Å². The van der Waals surface area contributed by atoms with Gasteiger partial charge in [0.25, 0.3) is 0 Å². The average molecular weight is 310 g/mol. The maximum Gasteiger partial charge on any atom is 0.451 e. The first kappa shape index (κ1) is 16.7. The van der Waals surface area contributed by atoms with Crippen molar-refractivity contribution < 1.29 is 17.4 Å². The van der Waals surface area contributed by atoms with Crippen LogP contribution in [0.2, 0.25) is 0 Å². The van der Waals surface area contributed by atoms with Crippen LogP contribution in [0.15, 0.2) is 6.07 Å². The Balaban J connectivity index is 2.86. The highest BCUT2D eigenvalue weighted by Gasteiger charge is 2.35. The number of hydrogen-bond donors (Lipinski definition) is 2. The summed E-state index contributed by atoms with van der Waals surface area (Å²) in [7, 11) is 0.548. The number of halogens is 3. The molecule has 1 heterocycles. The van der Waals surface area contributed by atoms with E-state index in [0.717, 1.165) is 0 Å². The van der Waals surface area contributed by atoms with Gasteiger partial charge < -0.3 is 10.6 Å². The van der Waals surface area contributed by atoms with Gasteiger partial charge >= 0.3 is 6.18 Å². The number of aromatic nitrogens is 2. The van der Waals surface area contributed by atoms with Crippen LogP contribution in [0.5, 0.6) is 0 Å². The SMILES string of the molecule is CNc1cc(NC(C)CCS(C)=O)nc(C(F)(F)F)n1. The van der Waals surface area contributed by atoms with E-state index in [1.165, 1.54) is 13.1 Å². The molecule has 2 N–H and O–H groups in total. The Morgan fingerprint density at radius 3 is 2.45 bits per heavy atom. The van der Waals surface area contributed by atoms with Crippen LogP contribution in [-0.2, 0) is 17.0 Å². The molecule has 0 radical (unpaired) electrons. The molecule has 0 bridgehead atoms. The molecule has 0 spiro atoms. The Bertz CT molecular complexity index is 481. The molecule has 0 aliphatic carbocycles. The number of rotatable bonds is 6. The van der Waals surface area contributed by atoms with Crippen molar-refractivity contribution in [1.82, 2.24) is 9.97 Å². The normalized spacial score (nSPS) is 14.7. The van der Waals surface area contributed by atoms with Crippen molar-refractivity contribution in [2.24, 2.45) is 0 Å². The van der Waals surface area contributed by atoms with E-state index in [1.54, 1.807) is 13.2 Å². The minimum absolute atomic E-state index is 0.0843. The van der Waals surface area contributed by atoms with E-state index in [0.29, 0.717) is 12.2 Å². The van der Waals surface area contributed by atoms with E-state index < -0.39 is 22.8 Å². The lowest BCUT2D eigenvalue weighted by Crippen LogP contribution is -2.21. The number of anilines is 2. The lowest BCUT2D eigenvalue weighted by atomic mass is 10.2. The van der Waals surface area contributed by atoms with Crippen LogP contribution in [0.1, 0.15) is 19.2 Å². The molecule has 0 amide bonds. The summed E-state index contributed by atoms with van der Waals surface area (Å²) >= 11 is 0. The van der Waals surface area contributed by atoms with Crippen LogP contribution < -0.4 is 10.6 Å². The molecular formula is C11H17F3N4OS. The van der Waals surface area contributed by atoms with Crippen LogP contribution in [0.4, 0.5) is 24.8 Å². The monoisotopic (exact) mass is 310 g/mol. The number of nitrogens with zero attached hydrogens (tertiary/aromatic N) is 2. The van der Waals surface area contributed by atoms with Crippen molar-refractivity contribution in [2.75, 3.05) is 29.7 Å². The van der Waals surface area contributed by atoms with Gasteiger partial charge in [0.2, 0.25) is 5.82 Å². The van der Waals surface area contributed by atoms with E-state index in [-0.39, 0.29) is 17.7 Å². The van der Waals surface area contributed by atoms with E-state index >= 15 is 0 Å². The Kier molecular flexibility index (Phi) is 5.73. The van der Waals surface area contributed by atoms with Gasteiger partial charge in [-0.2, -0.15) is 13.2 Å². The standard InChI is InChI=1S/C11H17F3N4OS/c1-7(4-5-20(3)19)16-9-6-8(15-2)17-10(18-9)11(12,13)14/h6-7H,4-5H2,1-3H3,(H2,15,16,17,18). The summed E-state index contributed by atoms with van der Waals surface area (Å²) in [5.74, 6) is -0.546. The zero-order chi connectivity index (χ0) is 15.3. The topological polar surface area (TPSA) is 66.9 Å². The third kappa shape index (κ3) is 5.32. The molecule has 0 aliphatic rings. The highest BCUT2D eigenvalue weighted by molar-refractivity contribution is 7.84. The Morgan fingerprint density at radius 1 is 1.35 bits per heavy atom. The Morgan fingerprint density at radius 2 is 1.95 bits per heavy atom. The number of hydrogen-bond acceptors (Lipinski definition) is 5. The fourth-order valence-corrected chi connectivity index (χ4v) is 2.13. The van der Waals surface area contributed by atoms with Gasteiger partial charge in [-0.25, -0.2) is 9.97 Å². The molecule has 2 atom stereocenters. The Labute approximate surface area is 117 Å². The molecule has 1 rings (SSSR count). The van der Waals surface area contributed by atoms with Gasteiger partial charge in [-0.1, -0.05) is 0 Å². The molecule has 0 aromatic carbocycles. The summed E-state index contributed by atoms with van der Waals surface area (Å²) in [5.41, 5.74) is 0. The van der Waals surface area contributed by atoms with Crippen molar-refractivity contribution >= 4 is 22.4 Å². The van der Waals surface area contributed by atoms with E-state index in [2.05, 4.69) is 20.6 Å².